The largest absolute Gasteiger partial charge is 0.507 e. The van der Waals surface area contributed by atoms with Crippen LogP contribution in [-0.2, 0) is 9.59 Å². The number of Topliss-reactive ketones (excluding diaryl/α,β-unsaturated/α-hetero) is 1. The number of aliphatic hydroxyl groups excluding tert-OH is 1. The molecule has 1 aliphatic heterocycles. The fourth-order valence-corrected chi connectivity index (χ4v) is 3.85. The van der Waals surface area contributed by atoms with Crippen molar-refractivity contribution in [3.05, 3.63) is 101 Å². The quantitative estimate of drug-likeness (QED) is 0.357. The van der Waals surface area contributed by atoms with Crippen LogP contribution in [0.3, 0.4) is 0 Å². The fourth-order valence-electron chi connectivity index (χ4n) is 3.72. The Morgan fingerprint density at radius 1 is 0.903 bits per heavy atom. The topological polar surface area (TPSA) is 60.9 Å². The number of hydrogen-bond donors (Lipinski definition) is 1. The molecule has 0 aromatic heterocycles. The highest BCUT2D eigenvalue weighted by atomic mass is 35.5. The first-order chi connectivity index (χ1) is 14.9. The summed E-state index contributed by atoms with van der Waals surface area (Å²) in [5.41, 5.74) is 2.77. The number of nitrogens with zero attached hydrogens (tertiary/aromatic N) is 2. The van der Waals surface area contributed by atoms with Crippen molar-refractivity contribution < 1.29 is 14.7 Å². The first-order valence-electron chi connectivity index (χ1n) is 9.78. The summed E-state index contributed by atoms with van der Waals surface area (Å²) >= 11 is 5.97. The standard InChI is InChI=1S/C25H21ClN2O3/c1-27(2)19-14-10-16(11-15-19)22-21(23(29)17-8-12-18(26)13-9-17)24(30)25(31)28(22)20-6-4-3-5-7-20/h3-15,22,29H,1-2H3/t22-/m0/s1. The Balaban J connectivity index is 1.91. The SMILES string of the molecule is CN(C)c1ccc([C@H]2C(=C(O)c3ccc(Cl)cc3)C(=O)C(=O)N2c2ccccc2)cc1. The summed E-state index contributed by atoms with van der Waals surface area (Å²) in [5.74, 6) is -1.63. The first-order valence-corrected chi connectivity index (χ1v) is 10.2. The number of anilines is 2. The molecule has 0 saturated carbocycles. The Labute approximate surface area is 185 Å². The van der Waals surface area contributed by atoms with Crippen LogP contribution in [-0.4, -0.2) is 30.9 Å². The lowest BCUT2D eigenvalue weighted by Gasteiger charge is -2.26. The minimum absolute atomic E-state index is 0.0498. The summed E-state index contributed by atoms with van der Waals surface area (Å²) in [6.45, 7) is 0. The number of carbonyl (C=O) groups is 2. The van der Waals surface area contributed by atoms with E-state index in [4.69, 9.17) is 11.6 Å². The third-order valence-corrected chi connectivity index (χ3v) is 5.57. The molecule has 4 rings (SSSR count). The second-order valence-electron chi connectivity index (χ2n) is 7.50. The maximum absolute atomic E-state index is 13.1. The summed E-state index contributed by atoms with van der Waals surface area (Å²) in [7, 11) is 3.87. The molecule has 6 heteroatoms. The van der Waals surface area contributed by atoms with E-state index in [0.717, 1.165) is 11.3 Å². The van der Waals surface area contributed by atoms with E-state index in [0.29, 0.717) is 16.3 Å². The molecule has 0 unspecified atom stereocenters. The molecule has 1 amide bonds. The summed E-state index contributed by atoms with van der Waals surface area (Å²) in [5, 5.41) is 11.6. The molecule has 0 radical (unpaired) electrons. The van der Waals surface area contributed by atoms with Crippen molar-refractivity contribution in [3.8, 4) is 0 Å². The highest BCUT2D eigenvalue weighted by Gasteiger charge is 2.46. The van der Waals surface area contributed by atoms with Crippen molar-refractivity contribution in [1.29, 1.82) is 0 Å². The van der Waals surface area contributed by atoms with Crippen LogP contribution in [0.2, 0.25) is 5.02 Å². The third kappa shape index (κ3) is 3.80. The zero-order valence-electron chi connectivity index (χ0n) is 17.1. The number of para-hydroxylation sites is 1. The molecule has 1 aliphatic rings. The molecule has 3 aromatic rings. The highest BCUT2D eigenvalue weighted by molar-refractivity contribution is 6.51. The lowest BCUT2D eigenvalue weighted by Crippen LogP contribution is -2.29. The number of hydrogen-bond acceptors (Lipinski definition) is 4. The van der Waals surface area contributed by atoms with E-state index >= 15 is 0 Å². The molecule has 1 fully saturated rings. The van der Waals surface area contributed by atoms with E-state index in [-0.39, 0.29) is 11.3 Å². The Morgan fingerprint density at radius 2 is 1.52 bits per heavy atom. The van der Waals surface area contributed by atoms with E-state index in [2.05, 4.69) is 0 Å². The smallest absolute Gasteiger partial charge is 0.300 e. The van der Waals surface area contributed by atoms with E-state index in [1.165, 1.54) is 4.90 Å². The molecular formula is C25H21ClN2O3. The molecule has 0 aliphatic carbocycles. The van der Waals surface area contributed by atoms with Gasteiger partial charge in [-0.1, -0.05) is 41.9 Å². The predicted molar refractivity (Wildman–Crippen MR) is 123 cm³/mol. The fraction of sp³-hybridized carbons (Fsp3) is 0.120. The Bertz CT molecular complexity index is 1150. The van der Waals surface area contributed by atoms with E-state index in [9.17, 15) is 14.7 Å². The van der Waals surface area contributed by atoms with E-state index < -0.39 is 17.7 Å². The molecule has 0 spiro atoms. The second-order valence-corrected chi connectivity index (χ2v) is 7.93. The van der Waals surface area contributed by atoms with Crippen molar-refractivity contribution in [3.63, 3.8) is 0 Å². The number of rotatable bonds is 4. The molecule has 156 valence electrons. The minimum atomic E-state index is -0.755. The summed E-state index contributed by atoms with van der Waals surface area (Å²) < 4.78 is 0. The van der Waals surface area contributed by atoms with Crippen LogP contribution >= 0.6 is 11.6 Å². The molecule has 1 N–H and O–H groups in total. The van der Waals surface area contributed by atoms with Crippen molar-refractivity contribution in [2.75, 3.05) is 23.9 Å². The normalized spacial score (nSPS) is 17.8. The number of carbonyl (C=O) groups excluding carboxylic acids is 2. The van der Waals surface area contributed by atoms with Crippen LogP contribution in [0, 0.1) is 0 Å². The van der Waals surface area contributed by atoms with Crippen molar-refractivity contribution in [1.82, 2.24) is 0 Å². The first kappa shape index (κ1) is 20.7. The van der Waals surface area contributed by atoms with Gasteiger partial charge in [-0.15, -0.1) is 0 Å². The maximum atomic E-state index is 13.1. The van der Waals surface area contributed by atoms with Crippen LogP contribution < -0.4 is 9.80 Å². The van der Waals surface area contributed by atoms with E-state index in [1.54, 1.807) is 48.5 Å². The molecule has 3 aromatic carbocycles. The summed E-state index contributed by atoms with van der Waals surface area (Å²) in [6.07, 6.45) is 0. The molecule has 0 bridgehead atoms. The van der Waals surface area contributed by atoms with Gasteiger partial charge in [0.2, 0.25) is 0 Å². The van der Waals surface area contributed by atoms with Gasteiger partial charge in [-0.25, -0.2) is 0 Å². The average Bonchev–Trinajstić information content (AvgIpc) is 3.05. The van der Waals surface area contributed by atoms with Gasteiger partial charge in [0.15, 0.2) is 0 Å². The summed E-state index contributed by atoms with van der Waals surface area (Å²) in [6, 6.07) is 22.3. The van der Waals surface area contributed by atoms with Gasteiger partial charge in [0.1, 0.15) is 5.76 Å². The van der Waals surface area contributed by atoms with Crippen molar-refractivity contribution in [2.24, 2.45) is 0 Å². The number of benzene rings is 3. The Kier molecular flexibility index (Phi) is 5.53. The lowest BCUT2D eigenvalue weighted by atomic mass is 9.95. The van der Waals surface area contributed by atoms with Crippen molar-refractivity contribution in [2.45, 2.75) is 6.04 Å². The second kappa shape index (κ2) is 8.28. The minimum Gasteiger partial charge on any atom is -0.507 e. The third-order valence-electron chi connectivity index (χ3n) is 5.32. The van der Waals surface area contributed by atoms with Crippen LogP contribution in [0.4, 0.5) is 11.4 Å². The summed E-state index contributed by atoms with van der Waals surface area (Å²) in [4.78, 5) is 29.6. The number of halogens is 1. The number of ketones is 1. The van der Waals surface area contributed by atoms with Gasteiger partial charge in [-0.05, 0) is 54.1 Å². The zero-order valence-corrected chi connectivity index (χ0v) is 17.9. The number of aliphatic hydroxyl groups is 1. The molecular weight excluding hydrogens is 412 g/mol. The van der Waals surface area contributed by atoms with Gasteiger partial charge in [0.05, 0.1) is 11.6 Å². The predicted octanol–water partition coefficient (Wildman–Crippen LogP) is 5.03. The Morgan fingerprint density at radius 3 is 2.10 bits per heavy atom. The van der Waals surface area contributed by atoms with Gasteiger partial charge in [0.25, 0.3) is 11.7 Å². The Hall–Kier alpha value is -3.57. The van der Waals surface area contributed by atoms with Crippen LogP contribution in [0.15, 0.2) is 84.4 Å². The highest BCUT2D eigenvalue weighted by Crippen LogP contribution is 2.42. The molecule has 1 heterocycles. The van der Waals surface area contributed by atoms with Crippen LogP contribution in [0.5, 0.6) is 0 Å². The van der Waals surface area contributed by atoms with Gasteiger partial charge < -0.3 is 10.0 Å². The maximum Gasteiger partial charge on any atom is 0.300 e. The lowest BCUT2D eigenvalue weighted by molar-refractivity contribution is -0.132. The van der Waals surface area contributed by atoms with Gasteiger partial charge >= 0.3 is 0 Å². The van der Waals surface area contributed by atoms with Crippen LogP contribution in [0.1, 0.15) is 17.2 Å². The average molecular weight is 433 g/mol. The number of amides is 1. The van der Waals surface area contributed by atoms with Gasteiger partial charge in [-0.3, -0.25) is 14.5 Å². The molecule has 1 saturated heterocycles. The monoisotopic (exact) mass is 432 g/mol. The van der Waals surface area contributed by atoms with E-state index in [1.807, 2.05) is 49.3 Å². The molecule has 5 nitrogen and oxygen atoms in total. The molecule has 31 heavy (non-hydrogen) atoms. The van der Waals surface area contributed by atoms with Gasteiger partial charge in [-0.2, -0.15) is 0 Å². The van der Waals surface area contributed by atoms with Gasteiger partial charge in [0, 0.05) is 36.1 Å². The van der Waals surface area contributed by atoms with Crippen LogP contribution in [0.25, 0.3) is 5.76 Å². The zero-order chi connectivity index (χ0) is 22.1. The van der Waals surface area contributed by atoms with Crippen molar-refractivity contribution >= 4 is 40.4 Å². The molecule has 1 atom stereocenters.